The second-order valence-corrected chi connectivity index (χ2v) is 10.6. The number of aliphatic hydroxyl groups excluding tert-OH is 2. The summed E-state index contributed by atoms with van der Waals surface area (Å²) in [6, 6.07) is 5.80. The molecule has 1 aliphatic carbocycles. The van der Waals surface area contributed by atoms with E-state index in [9.17, 15) is 20.1 Å². The SMILES string of the molecule is CN[C@@H]1[C@@H](O)[C@@H](O[C@@H]2[C@@H](O)[C@H](O[C@H]3OC(CN)=CC[C@H]3N)[C@@H](N)C[C@H]2NC(=O)c2ccccc2)OC[C@]1(C)O. The van der Waals surface area contributed by atoms with Crippen LogP contribution >= 0.6 is 0 Å². The molecule has 11 N–H and O–H groups in total. The van der Waals surface area contributed by atoms with Gasteiger partial charge in [0.1, 0.15) is 35.8 Å². The summed E-state index contributed by atoms with van der Waals surface area (Å²) in [5.41, 5.74) is 17.4. The zero-order chi connectivity index (χ0) is 28.3. The summed E-state index contributed by atoms with van der Waals surface area (Å²) in [4.78, 5) is 13.0. The zero-order valence-electron chi connectivity index (χ0n) is 22.2. The normalized spacial score (nSPS) is 40.9. The fourth-order valence-electron chi connectivity index (χ4n) is 5.38. The fraction of sp³-hybridized carbons (Fsp3) is 0.654. The molecule has 39 heavy (non-hydrogen) atoms. The van der Waals surface area contributed by atoms with Crippen LogP contribution in [0.1, 0.15) is 30.1 Å². The maximum Gasteiger partial charge on any atom is 0.251 e. The summed E-state index contributed by atoms with van der Waals surface area (Å²) in [5.74, 6) is 0.134. The first-order valence-corrected chi connectivity index (χ1v) is 13.2. The van der Waals surface area contributed by atoms with Crippen molar-refractivity contribution in [3.8, 4) is 0 Å². The minimum atomic E-state index is -1.37. The van der Waals surface area contributed by atoms with E-state index in [1.165, 1.54) is 6.92 Å². The molecule has 4 rings (SSSR count). The van der Waals surface area contributed by atoms with E-state index in [1.807, 2.05) is 0 Å². The second-order valence-electron chi connectivity index (χ2n) is 10.6. The van der Waals surface area contributed by atoms with Crippen molar-refractivity contribution in [1.29, 1.82) is 0 Å². The number of carbonyl (C=O) groups is 1. The Hall–Kier alpha value is -2.17. The van der Waals surface area contributed by atoms with Crippen LogP contribution in [0.3, 0.4) is 0 Å². The van der Waals surface area contributed by atoms with Gasteiger partial charge in [0.25, 0.3) is 5.91 Å². The third kappa shape index (κ3) is 6.60. The van der Waals surface area contributed by atoms with Gasteiger partial charge in [-0.2, -0.15) is 0 Å². The van der Waals surface area contributed by atoms with Gasteiger partial charge in [-0.25, -0.2) is 0 Å². The van der Waals surface area contributed by atoms with Crippen molar-refractivity contribution in [1.82, 2.24) is 10.6 Å². The van der Waals surface area contributed by atoms with Gasteiger partial charge < -0.3 is 62.1 Å². The van der Waals surface area contributed by atoms with Crippen molar-refractivity contribution in [2.75, 3.05) is 20.2 Å². The average Bonchev–Trinajstić information content (AvgIpc) is 2.91. The van der Waals surface area contributed by atoms with Crippen LogP contribution < -0.4 is 27.8 Å². The predicted molar refractivity (Wildman–Crippen MR) is 140 cm³/mol. The Kier molecular flexibility index (Phi) is 9.60. The maximum atomic E-state index is 13.0. The van der Waals surface area contributed by atoms with E-state index >= 15 is 0 Å². The molecule has 0 bridgehead atoms. The lowest BCUT2D eigenvalue weighted by atomic mass is 9.83. The van der Waals surface area contributed by atoms with Gasteiger partial charge in [0.2, 0.25) is 6.29 Å². The summed E-state index contributed by atoms with van der Waals surface area (Å²) in [6.45, 7) is 1.56. The van der Waals surface area contributed by atoms with Crippen molar-refractivity contribution >= 4 is 5.91 Å². The number of carbonyl (C=O) groups excluding carboxylic acids is 1. The molecule has 11 atom stereocenters. The fourth-order valence-corrected chi connectivity index (χ4v) is 5.38. The highest BCUT2D eigenvalue weighted by molar-refractivity contribution is 5.94. The van der Waals surface area contributed by atoms with Gasteiger partial charge in [0.05, 0.1) is 31.3 Å². The minimum Gasteiger partial charge on any atom is -0.467 e. The highest BCUT2D eigenvalue weighted by atomic mass is 16.7. The molecule has 0 unspecified atom stereocenters. The van der Waals surface area contributed by atoms with E-state index in [4.69, 9.17) is 36.1 Å². The van der Waals surface area contributed by atoms with Crippen molar-refractivity contribution in [2.24, 2.45) is 17.2 Å². The molecule has 1 aromatic carbocycles. The van der Waals surface area contributed by atoms with Crippen LogP contribution in [0.25, 0.3) is 0 Å². The minimum absolute atomic E-state index is 0.136. The number of benzene rings is 1. The van der Waals surface area contributed by atoms with E-state index < -0.39 is 66.8 Å². The Morgan fingerprint density at radius 3 is 2.46 bits per heavy atom. The van der Waals surface area contributed by atoms with E-state index in [0.29, 0.717) is 17.7 Å². The molecule has 0 radical (unpaired) electrons. The molecule has 1 saturated heterocycles. The van der Waals surface area contributed by atoms with Crippen molar-refractivity contribution in [2.45, 2.75) is 86.5 Å². The highest BCUT2D eigenvalue weighted by Crippen LogP contribution is 2.32. The van der Waals surface area contributed by atoms with E-state index in [-0.39, 0.29) is 25.5 Å². The molecule has 13 heteroatoms. The first kappa shape index (κ1) is 29.8. The number of nitrogens with one attached hydrogen (secondary N) is 2. The first-order valence-electron chi connectivity index (χ1n) is 13.2. The molecule has 0 aromatic heterocycles. The molecule has 13 nitrogen and oxygen atoms in total. The molecule has 2 aliphatic heterocycles. The Bertz CT molecular complexity index is 998. The van der Waals surface area contributed by atoms with Gasteiger partial charge >= 0.3 is 0 Å². The lowest BCUT2D eigenvalue weighted by Gasteiger charge is -2.48. The quantitative estimate of drug-likeness (QED) is 0.170. The number of rotatable bonds is 8. The molecular formula is C26H41N5O8. The number of aliphatic hydroxyl groups is 3. The molecule has 1 amide bonds. The van der Waals surface area contributed by atoms with Gasteiger partial charge in [-0.05, 0) is 45.0 Å². The van der Waals surface area contributed by atoms with Gasteiger partial charge in [-0.15, -0.1) is 0 Å². The van der Waals surface area contributed by atoms with Gasteiger partial charge in [0, 0.05) is 11.6 Å². The number of amides is 1. The molecule has 1 aromatic rings. The van der Waals surface area contributed by atoms with Crippen LogP contribution in [0.5, 0.6) is 0 Å². The van der Waals surface area contributed by atoms with E-state index in [0.717, 1.165) is 0 Å². The average molecular weight is 552 g/mol. The van der Waals surface area contributed by atoms with Crippen molar-refractivity contribution < 1.29 is 39.1 Å². The second kappa shape index (κ2) is 12.6. The number of nitrogens with two attached hydrogens (primary N) is 3. The van der Waals surface area contributed by atoms with Crippen LogP contribution in [0, 0.1) is 0 Å². The predicted octanol–water partition coefficient (Wildman–Crippen LogP) is -2.38. The number of likely N-dealkylation sites (N-methyl/N-ethyl adjacent to an activating group) is 1. The van der Waals surface area contributed by atoms with E-state index in [2.05, 4.69) is 10.6 Å². The molecule has 0 spiro atoms. The van der Waals surface area contributed by atoms with Gasteiger partial charge in [-0.1, -0.05) is 18.2 Å². The molecule has 1 saturated carbocycles. The smallest absolute Gasteiger partial charge is 0.251 e. The van der Waals surface area contributed by atoms with Gasteiger partial charge in [0.15, 0.2) is 6.29 Å². The van der Waals surface area contributed by atoms with Crippen molar-refractivity contribution in [3.05, 3.63) is 47.7 Å². The first-order chi connectivity index (χ1) is 18.6. The topological polar surface area (TPSA) is 217 Å². The Morgan fingerprint density at radius 1 is 1.10 bits per heavy atom. The molecule has 2 fully saturated rings. The highest BCUT2D eigenvalue weighted by Gasteiger charge is 2.51. The van der Waals surface area contributed by atoms with Crippen LogP contribution in [-0.4, -0.2) is 108 Å². The molecule has 218 valence electrons. The third-order valence-corrected chi connectivity index (χ3v) is 7.53. The number of ether oxygens (including phenoxy) is 4. The Morgan fingerprint density at radius 2 is 1.79 bits per heavy atom. The zero-order valence-corrected chi connectivity index (χ0v) is 22.2. The monoisotopic (exact) mass is 551 g/mol. The third-order valence-electron chi connectivity index (χ3n) is 7.53. The molecule has 3 aliphatic rings. The lowest BCUT2D eigenvalue weighted by molar-refractivity contribution is -0.303. The largest absolute Gasteiger partial charge is 0.467 e. The lowest BCUT2D eigenvalue weighted by Crippen LogP contribution is -2.69. The summed E-state index contributed by atoms with van der Waals surface area (Å²) in [7, 11) is 1.60. The molecule has 2 heterocycles. The maximum absolute atomic E-state index is 13.0. The summed E-state index contributed by atoms with van der Waals surface area (Å²) in [6.07, 6.45) is -4.46. The Balaban J connectivity index is 1.56. The summed E-state index contributed by atoms with van der Waals surface area (Å²) >= 11 is 0. The number of hydrogen-bond acceptors (Lipinski definition) is 12. The standard InChI is InChI=1S/C26H41N5O8/c1-26(35)12-36-25(19(33)22(26)30-2)39-21-17(31-23(34)13-6-4-3-5-7-13)10-16(29)20(18(21)32)38-24-15(28)9-8-14(11-27)37-24/h3-8,15-22,24-25,30,32-33,35H,9-12,27-29H2,1-2H3,(H,31,34)/t15-,16+,17-,18+,19-,20-,21+,22-,24-,25-,26+/m1/s1. The number of hydrogen-bond donors (Lipinski definition) is 8. The molecular weight excluding hydrogens is 510 g/mol. The van der Waals surface area contributed by atoms with E-state index in [1.54, 1.807) is 43.5 Å². The van der Waals surface area contributed by atoms with Crippen molar-refractivity contribution in [3.63, 3.8) is 0 Å². The van der Waals surface area contributed by atoms with Crippen LogP contribution in [0.15, 0.2) is 42.2 Å². The van der Waals surface area contributed by atoms with Gasteiger partial charge in [-0.3, -0.25) is 4.79 Å². The Labute approximate surface area is 227 Å². The van der Waals surface area contributed by atoms with Crippen LogP contribution in [-0.2, 0) is 18.9 Å². The summed E-state index contributed by atoms with van der Waals surface area (Å²) in [5, 5.41) is 38.9. The summed E-state index contributed by atoms with van der Waals surface area (Å²) < 4.78 is 23.7. The van der Waals surface area contributed by atoms with Crippen LogP contribution in [0.4, 0.5) is 0 Å². The van der Waals surface area contributed by atoms with Crippen LogP contribution in [0.2, 0.25) is 0 Å².